The first-order chi connectivity index (χ1) is 7.16. The molecule has 0 aliphatic heterocycles. The normalized spacial score (nSPS) is 15.1. The average molecular weight is 204 g/mol. The van der Waals surface area contributed by atoms with Gasteiger partial charge in [-0.1, -0.05) is 49.4 Å². The van der Waals surface area contributed by atoms with E-state index in [9.17, 15) is 9.90 Å². The number of carbonyl (C=O) groups excluding carboxylic acids is 1. The van der Waals surface area contributed by atoms with Gasteiger partial charge in [0.2, 0.25) is 0 Å². The van der Waals surface area contributed by atoms with E-state index in [1.54, 1.807) is 31.2 Å². The van der Waals surface area contributed by atoms with Crippen LogP contribution in [0.15, 0.2) is 42.5 Å². The lowest BCUT2D eigenvalue weighted by Gasteiger charge is -2.14. The molecule has 2 unspecified atom stereocenters. The fourth-order valence-electron chi connectivity index (χ4n) is 1.38. The predicted octanol–water partition coefficient (Wildman–Crippen LogP) is 2.44. The number of ketones is 1. The van der Waals surface area contributed by atoms with Crippen molar-refractivity contribution in [3.63, 3.8) is 0 Å². The van der Waals surface area contributed by atoms with E-state index in [4.69, 9.17) is 0 Å². The van der Waals surface area contributed by atoms with Gasteiger partial charge < -0.3 is 5.11 Å². The third-order valence-corrected chi connectivity index (χ3v) is 2.37. The second-order valence-electron chi connectivity index (χ2n) is 3.54. The fourth-order valence-corrected chi connectivity index (χ4v) is 1.38. The summed E-state index contributed by atoms with van der Waals surface area (Å²) in [6, 6.07) is 9.04. The van der Waals surface area contributed by atoms with Crippen LogP contribution in [-0.2, 0) is 0 Å². The molecule has 1 aromatic carbocycles. The van der Waals surface area contributed by atoms with Crippen LogP contribution in [0.25, 0.3) is 0 Å². The Hall–Kier alpha value is -1.41. The first-order valence-corrected chi connectivity index (χ1v) is 5.07. The van der Waals surface area contributed by atoms with Crippen LogP contribution in [0.4, 0.5) is 0 Å². The van der Waals surface area contributed by atoms with Crippen LogP contribution in [0.2, 0.25) is 0 Å². The summed E-state index contributed by atoms with van der Waals surface area (Å²) in [6.07, 6.45) is 2.67. The van der Waals surface area contributed by atoms with Crippen molar-refractivity contribution in [3.8, 4) is 0 Å². The molecular weight excluding hydrogens is 188 g/mol. The number of hydrogen-bond acceptors (Lipinski definition) is 2. The summed E-state index contributed by atoms with van der Waals surface area (Å²) in [7, 11) is 0. The summed E-state index contributed by atoms with van der Waals surface area (Å²) in [5, 5.41) is 9.64. The smallest absolute Gasteiger partial charge is 0.168 e. The largest absolute Gasteiger partial charge is 0.388 e. The molecule has 80 valence electrons. The Morgan fingerprint density at radius 2 is 1.93 bits per heavy atom. The van der Waals surface area contributed by atoms with Crippen molar-refractivity contribution >= 4 is 5.78 Å². The lowest BCUT2D eigenvalue weighted by atomic mass is 9.94. The number of hydrogen-bond donors (Lipinski definition) is 1. The van der Waals surface area contributed by atoms with Crippen LogP contribution in [0.5, 0.6) is 0 Å². The molecule has 0 aliphatic rings. The average Bonchev–Trinajstić information content (AvgIpc) is 2.28. The molecule has 1 rings (SSSR count). The minimum Gasteiger partial charge on any atom is -0.388 e. The zero-order chi connectivity index (χ0) is 11.3. The van der Waals surface area contributed by atoms with Crippen LogP contribution in [-0.4, -0.2) is 17.0 Å². The molecule has 1 aromatic rings. The van der Waals surface area contributed by atoms with Crippen molar-refractivity contribution in [2.75, 3.05) is 0 Å². The van der Waals surface area contributed by atoms with E-state index in [-0.39, 0.29) is 5.78 Å². The van der Waals surface area contributed by atoms with E-state index in [1.807, 2.05) is 25.1 Å². The lowest BCUT2D eigenvalue weighted by Crippen LogP contribution is -2.23. The number of aliphatic hydroxyl groups excluding tert-OH is 1. The molecule has 2 heteroatoms. The first-order valence-electron chi connectivity index (χ1n) is 5.07. The van der Waals surface area contributed by atoms with E-state index in [0.29, 0.717) is 5.56 Å². The number of allylic oxidation sites excluding steroid dienone is 1. The quantitative estimate of drug-likeness (QED) is 0.604. The van der Waals surface area contributed by atoms with Crippen LogP contribution in [0, 0.1) is 5.92 Å². The van der Waals surface area contributed by atoms with Crippen LogP contribution in [0.3, 0.4) is 0 Å². The highest BCUT2D eigenvalue weighted by Crippen LogP contribution is 2.13. The third kappa shape index (κ3) is 3.03. The van der Waals surface area contributed by atoms with Gasteiger partial charge in [0, 0.05) is 11.5 Å². The monoisotopic (exact) mass is 204 g/mol. The number of rotatable bonds is 4. The standard InChI is InChI=1S/C13H16O2/c1-3-7-12(14)10(2)13(15)11-8-5-4-6-9-11/h3-10,12,14H,1-2H3/b7-3+. The van der Waals surface area contributed by atoms with Gasteiger partial charge in [0.05, 0.1) is 6.10 Å². The highest BCUT2D eigenvalue weighted by atomic mass is 16.3. The Kier molecular flexibility index (Phi) is 4.25. The predicted molar refractivity (Wildman–Crippen MR) is 60.8 cm³/mol. The molecule has 0 aromatic heterocycles. The number of carbonyl (C=O) groups is 1. The third-order valence-electron chi connectivity index (χ3n) is 2.37. The van der Waals surface area contributed by atoms with Crippen molar-refractivity contribution in [1.82, 2.24) is 0 Å². The summed E-state index contributed by atoms with van der Waals surface area (Å²) in [6.45, 7) is 3.56. The molecule has 0 saturated carbocycles. The summed E-state index contributed by atoms with van der Waals surface area (Å²) in [5.74, 6) is -0.426. The molecule has 0 aliphatic carbocycles. The first kappa shape index (κ1) is 11.7. The zero-order valence-electron chi connectivity index (χ0n) is 9.05. The SMILES string of the molecule is C/C=C/C(O)C(C)C(=O)c1ccccc1. The minimum atomic E-state index is -0.706. The molecular formula is C13H16O2. The summed E-state index contributed by atoms with van der Waals surface area (Å²) in [4.78, 5) is 11.9. The second kappa shape index (κ2) is 5.47. The van der Waals surface area contributed by atoms with Gasteiger partial charge in [-0.25, -0.2) is 0 Å². The second-order valence-corrected chi connectivity index (χ2v) is 3.54. The molecule has 2 atom stereocenters. The molecule has 0 heterocycles. The molecule has 0 radical (unpaired) electrons. The Labute approximate surface area is 90.3 Å². The summed E-state index contributed by atoms with van der Waals surface area (Å²) >= 11 is 0. The maximum absolute atomic E-state index is 11.9. The highest BCUT2D eigenvalue weighted by Gasteiger charge is 2.20. The van der Waals surface area contributed by atoms with Crippen molar-refractivity contribution in [3.05, 3.63) is 48.0 Å². The Morgan fingerprint density at radius 3 is 2.47 bits per heavy atom. The van der Waals surface area contributed by atoms with Crippen molar-refractivity contribution in [2.24, 2.45) is 5.92 Å². The van der Waals surface area contributed by atoms with Crippen molar-refractivity contribution in [2.45, 2.75) is 20.0 Å². The van der Waals surface area contributed by atoms with Crippen LogP contribution >= 0.6 is 0 Å². The molecule has 0 spiro atoms. The molecule has 2 nitrogen and oxygen atoms in total. The van der Waals surface area contributed by atoms with Gasteiger partial charge in [-0.05, 0) is 6.92 Å². The molecule has 1 N–H and O–H groups in total. The molecule has 0 bridgehead atoms. The maximum atomic E-state index is 11.9. The molecule has 0 fully saturated rings. The number of aliphatic hydroxyl groups is 1. The van der Waals surface area contributed by atoms with Crippen LogP contribution < -0.4 is 0 Å². The van der Waals surface area contributed by atoms with E-state index in [1.165, 1.54) is 0 Å². The molecule has 0 amide bonds. The van der Waals surface area contributed by atoms with Gasteiger partial charge in [0.15, 0.2) is 5.78 Å². The topological polar surface area (TPSA) is 37.3 Å². The Balaban J connectivity index is 2.77. The fraction of sp³-hybridized carbons (Fsp3) is 0.308. The van der Waals surface area contributed by atoms with Gasteiger partial charge in [-0.15, -0.1) is 0 Å². The zero-order valence-corrected chi connectivity index (χ0v) is 9.05. The molecule has 15 heavy (non-hydrogen) atoms. The van der Waals surface area contributed by atoms with E-state index in [0.717, 1.165) is 0 Å². The highest BCUT2D eigenvalue weighted by molar-refractivity contribution is 5.98. The van der Waals surface area contributed by atoms with E-state index >= 15 is 0 Å². The van der Waals surface area contributed by atoms with E-state index in [2.05, 4.69) is 0 Å². The number of benzene rings is 1. The Bertz CT molecular complexity index is 341. The van der Waals surface area contributed by atoms with Gasteiger partial charge in [-0.3, -0.25) is 4.79 Å². The van der Waals surface area contributed by atoms with Crippen LogP contribution in [0.1, 0.15) is 24.2 Å². The minimum absolute atomic E-state index is 0.0267. The molecule has 0 saturated heterocycles. The van der Waals surface area contributed by atoms with Gasteiger partial charge in [-0.2, -0.15) is 0 Å². The van der Waals surface area contributed by atoms with Gasteiger partial charge >= 0.3 is 0 Å². The van der Waals surface area contributed by atoms with Crippen molar-refractivity contribution in [1.29, 1.82) is 0 Å². The van der Waals surface area contributed by atoms with Gasteiger partial charge in [0.1, 0.15) is 0 Å². The summed E-state index contributed by atoms with van der Waals surface area (Å²) < 4.78 is 0. The summed E-state index contributed by atoms with van der Waals surface area (Å²) in [5.41, 5.74) is 0.647. The van der Waals surface area contributed by atoms with Crippen molar-refractivity contribution < 1.29 is 9.90 Å². The van der Waals surface area contributed by atoms with E-state index < -0.39 is 12.0 Å². The maximum Gasteiger partial charge on any atom is 0.168 e. The lowest BCUT2D eigenvalue weighted by molar-refractivity contribution is 0.0805. The Morgan fingerprint density at radius 1 is 1.33 bits per heavy atom. The van der Waals surface area contributed by atoms with Gasteiger partial charge in [0.25, 0.3) is 0 Å². The number of Topliss-reactive ketones (excluding diaryl/α,β-unsaturated/α-hetero) is 1.